The molecule has 2 heterocycles. The maximum atomic E-state index is 5.71. The summed E-state index contributed by atoms with van der Waals surface area (Å²) in [5.74, 6) is 0. The van der Waals surface area contributed by atoms with Crippen molar-refractivity contribution >= 4 is 67.9 Å². The normalized spacial score (nSPS) is 11.1. The molecule has 2 aromatic rings. The minimum absolute atomic E-state index is 0.242. The number of aromatic nitrogens is 4. The summed E-state index contributed by atoms with van der Waals surface area (Å²) in [6.07, 6.45) is 0. The summed E-state index contributed by atoms with van der Waals surface area (Å²) in [4.78, 5) is 12.3. The third-order valence-electron chi connectivity index (χ3n) is 1.61. The van der Waals surface area contributed by atoms with Crippen molar-refractivity contribution in [3.05, 3.63) is 12.8 Å². The van der Waals surface area contributed by atoms with Gasteiger partial charge in [0.05, 0.1) is 0 Å². The Balaban J connectivity index is 2.94. The SMILES string of the molecule is Cn1c(I)nc2nc(Cl)nc(I)c21. The standard InChI is InChI=1S/C6H3ClI2N4/c1-13-2-3(8)10-5(7)11-4(2)12-6(13)9/h1H3. The molecule has 0 fully saturated rings. The fourth-order valence-electron chi connectivity index (χ4n) is 1.01. The summed E-state index contributed by atoms with van der Waals surface area (Å²) in [7, 11) is 1.93. The smallest absolute Gasteiger partial charge is 0.225 e. The topological polar surface area (TPSA) is 43.6 Å². The first-order chi connectivity index (χ1) is 6.09. The van der Waals surface area contributed by atoms with E-state index in [1.165, 1.54) is 0 Å². The highest BCUT2D eigenvalue weighted by atomic mass is 127. The molecule has 0 aliphatic heterocycles. The van der Waals surface area contributed by atoms with E-state index in [9.17, 15) is 0 Å². The highest BCUT2D eigenvalue weighted by Gasteiger charge is 2.11. The lowest BCUT2D eigenvalue weighted by molar-refractivity contribution is 0.903. The van der Waals surface area contributed by atoms with E-state index in [4.69, 9.17) is 11.6 Å². The number of halogens is 3. The van der Waals surface area contributed by atoms with Crippen LogP contribution in [0.4, 0.5) is 0 Å². The molecule has 2 aromatic heterocycles. The van der Waals surface area contributed by atoms with E-state index in [1.54, 1.807) is 0 Å². The molecular formula is C6H3ClI2N4. The van der Waals surface area contributed by atoms with Gasteiger partial charge in [0.15, 0.2) is 9.48 Å². The van der Waals surface area contributed by atoms with E-state index in [0.717, 1.165) is 13.0 Å². The van der Waals surface area contributed by atoms with Gasteiger partial charge in [-0.15, -0.1) is 0 Å². The van der Waals surface area contributed by atoms with Crippen LogP contribution in [0, 0.1) is 7.53 Å². The van der Waals surface area contributed by atoms with Crippen molar-refractivity contribution in [3.8, 4) is 0 Å². The molecule has 0 atom stereocenters. The lowest BCUT2D eigenvalue weighted by Gasteiger charge is -1.97. The van der Waals surface area contributed by atoms with Crippen LogP contribution in [0.15, 0.2) is 0 Å². The van der Waals surface area contributed by atoms with Gasteiger partial charge in [-0.1, -0.05) is 0 Å². The zero-order valence-corrected chi connectivity index (χ0v) is 11.5. The zero-order chi connectivity index (χ0) is 9.59. The van der Waals surface area contributed by atoms with Crippen LogP contribution >= 0.6 is 56.8 Å². The first kappa shape index (κ1) is 9.84. The number of fused-ring (bicyclic) bond motifs is 1. The monoisotopic (exact) mass is 420 g/mol. The second-order valence-corrected chi connectivity index (χ2v) is 4.72. The number of aryl methyl sites for hydroxylation is 1. The molecule has 0 saturated carbocycles. The second-order valence-electron chi connectivity index (χ2n) is 2.40. The summed E-state index contributed by atoms with van der Waals surface area (Å²) in [5.41, 5.74) is 1.57. The molecular weight excluding hydrogens is 417 g/mol. The average Bonchev–Trinajstić information content (AvgIpc) is 2.27. The summed E-state index contributed by atoms with van der Waals surface area (Å²) in [6.45, 7) is 0. The van der Waals surface area contributed by atoms with Crippen LogP contribution in [0.5, 0.6) is 0 Å². The quantitative estimate of drug-likeness (QED) is 0.284. The van der Waals surface area contributed by atoms with Gasteiger partial charge in [0.1, 0.15) is 9.22 Å². The van der Waals surface area contributed by atoms with Gasteiger partial charge in [0.2, 0.25) is 5.28 Å². The molecule has 0 amide bonds. The van der Waals surface area contributed by atoms with Gasteiger partial charge in [-0.3, -0.25) is 0 Å². The Kier molecular flexibility index (Phi) is 2.62. The molecule has 0 N–H and O–H groups in total. The summed E-state index contributed by atoms with van der Waals surface area (Å²) >= 11 is 9.97. The molecule has 0 bridgehead atoms. The van der Waals surface area contributed by atoms with Crippen molar-refractivity contribution in [1.82, 2.24) is 19.5 Å². The third-order valence-corrected chi connectivity index (χ3v) is 3.49. The largest absolute Gasteiger partial charge is 0.319 e. The van der Waals surface area contributed by atoms with Gasteiger partial charge in [-0.2, -0.15) is 4.98 Å². The molecule has 0 aliphatic rings. The fourth-order valence-corrected chi connectivity index (χ4v) is 2.62. The lowest BCUT2D eigenvalue weighted by Crippen LogP contribution is -1.95. The average molecular weight is 420 g/mol. The van der Waals surface area contributed by atoms with Crippen molar-refractivity contribution in [2.75, 3.05) is 0 Å². The third kappa shape index (κ3) is 1.63. The van der Waals surface area contributed by atoms with Crippen molar-refractivity contribution in [2.45, 2.75) is 0 Å². The van der Waals surface area contributed by atoms with E-state index < -0.39 is 0 Å². The Bertz CT molecular complexity index is 481. The van der Waals surface area contributed by atoms with Gasteiger partial charge in [-0.05, 0) is 34.2 Å². The highest BCUT2D eigenvalue weighted by Crippen LogP contribution is 2.20. The number of nitrogens with zero attached hydrogens (tertiary/aromatic N) is 4. The van der Waals surface area contributed by atoms with Crippen LogP contribution in [0.3, 0.4) is 0 Å². The molecule has 2 rings (SSSR count). The van der Waals surface area contributed by atoms with Crippen molar-refractivity contribution in [1.29, 1.82) is 0 Å². The molecule has 0 aromatic carbocycles. The van der Waals surface area contributed by atoms with Crippen LogP contribution in [-0.4, -0.2) is 19.5 Å². The zero-order valence-electron chi connectivity index (χ0n) is 6.42. The first-order valence-corrected chi connectivity index (χ1v) is 5.84. The Morgan fingerprint density at radius 2 is 1.92 bits per heavy atom. The van der Waals surface area contributed by atoms with Gasteiger partial charge in [-0.25, -0.2) is 9.97 Å². The number of rotatable bonds is 0. The molecule has 0 radical (unpaired) electrons. The van der Waals surface area contributed by atoms with E-state index in [0.29, 0.717) is 5.65 Å². The molecule has 0 unspecified atom stereocenters. The second kappa shape index (κ2) is 3.46. The van der Waals surface area contributed by atoms with E-state index in [-0.39, 0.29) is 5.28 Å². The molecule has 7 heteroatoms. The number of hydrogen-bond acceptors (Lipinski definition) is 3. The Labute approximate surface area is 106 Å². The molecule has 0 aliphatic carbocycles. The summed E-state index contributed by atoms with van der Waals surface area (Å²) in [6, 6.07) is 0. The van der Waals surface area contributed by atoms with Gasteiger partial charge in [0, 0.05) is 29.6 Å². The summed E-state index contributed by atoms with van der Waals surface area (Å²) < 4.78 is 3.64. The molecule has 13 heavy (non-hydrogen) atoms. The van der Waals surface area contributed by atoms with E-state index in [1.807, 2.05) is 11.6 Å². The predicted molar refractivity (Wildman–Crippen MR) is 66.7 cm³/mol. The molecule has 0 saturated heterocycles. The minimum atomic E-state index is 0.242. The van der Waals surface area contributed by atoms with Crippen LogP contribution in [0.2, 0.25) is 5.28 Å². The Morgan fingerprint density at radius 1 is 1.23 bits per heavy atom. The first-order valence-electron chi connectivity index (χ1n) is 3.30. The van der Waals surface area contributed by atoms with Gasteiger partial charge in [0.25, 0.3) is 0 Å². The molecule has 68 valence electrons. The number of imidazole rings is 1. The fraction of sp³-hybridized carbons (Fsp3) is 0.167. The van der Waals surface area contributed by atoms with E-state index >= 15 is 0 Å². The Morgan fingerprint density at radius 3 is 2.62 bits per heavy atom. The van der Waals surface area contributed by atoms with Crippen LogP contribution in [0.1, 0.15) is 0 Å². The summed E-state index contributed by atoms with van der Waals surface area (Å²) in [5, 5.41) is 0.242. The van der Waals surface area contributed by atoms with Crippen LogP contribution in [-0.2, 0) is 7.05 Å². The van der Waals surface area contributed by atoms with Gasteiger partial charge < -0.3 is 4.57 Å². The van der Waals surface area contributed by atoms with E-state index in [2.05, 4.69) is 60.1 Å². The molecule has 0 spiro atoms. The van der Waals surface area contributed by atoms with Crippen molar-refractivity contribution in [2.24, 2.45) is 7.05 Å². The minimum Gasteiger partial charge on any atom is -0.319 e. The Hall–Kier alpha value is 0.300. The molecule has 4 nitrogen and oxygen atoms in total. The highest BCUT2D eigenvalue weighted by molar-refractivity contribution is 14.1. The van der Waals surface area contributed by atoms with Crippen molar-refractivity contribution < 1.29 is 0 Å². The predicted octanol–water partition coefficient (Wildman–Crippen LogP) is 2.23. The van der Waals surface area contributed by atoms with Gasteiger partial charge >= 0.3 is 0 Å². The van der Waals surface area contributed by atoms with Crippen LogP contribution < -0.4 is 0 Å². The number of hydrogen-bond donors (Lipinski definition) is 0. The maximum absolute atomic E-state index is 5.71. The van der Waals surface area contributed by atoms with Crippen LogP contribution in [0.25, 0.3) is 11.2 Å². The lowest BCUT2D eigenvalue weighted by atomic mass is 10.5. The maximum Gasteiger partial charge on any atom is 0.225 e. The van der Waals surface area contributed by atoms with Crippen molar-refractivity contribution in [3.63, 3.8) is 0 Å².